The molecule has 0 saturated carbocycles. The fourth-order valence-corrected chi connectivity index (χ4v) is 3.39. The fraction of sp³-hybridized carbons (Fsp3) is 0.588. The number of amides is 1. The minimum Gasteiger partial charge on any atom is -0.340 e. The highest BCUT2D eigenvalue weighted by molar-refractivity contribution is 5.73. The lowest BCUT2D eigenvalue weighted by molar-refractivity contribution is -0.130. The molecular formula is C17H27N3O. The van der Waals surface area contributed by atoms with Gasteiger partial charge in [0.05, 0.1) is 0 Å². The molecule has 2 N–H and O–H groups in total. The van der Waals surface area contributed by atoms with Gasteiger partial charge in [0.15, 0.2) is 0 Å². The van der Waals surface area contributed by atoms with Crippen LogP contribution >= 0.6 is 0 Å². The van der Waals surface area contributed by atoms with E-state index < -0.39 is 0 Å². The van der Waals surface area contributed by atoms with Crippen molar-refractivity contribution in [3.8, 4) is 0 Å². The highest BCUT2D eigenvalue weighted by atomic mass is 16.2. The molecular weight excluding hydrogens is 262 g/mol. The minimum atomic E-state index is 0.0366. The number of aryl methyl sites for hydroxylation is 3. The first-order valence-electron chi connectivity index (χ1n) is 7.69. The second kappa shape index (κ2) is 6.58. The quantitative estimate of drug-likeness (QED) is 0.922. The highest BCUT2D eigenvalue weighted by Crippen LogP contribution is 2.23. The number of nitrogens with zero attached hydrogens (tertiary/aromatic N) is 2. The maximum Gasteiger partial charge on any atom is 0.219 e. The first kappa shape index (κ1) is 16.0. The summed E-state index contributed by atoms with van der Waals surface area (Å²) in [6.07, 6.45) is 0. The maximum absolute atomic E-state index is 11.4. The number of rotatable bonds is 3. The molecule has 1 unspecified atom stereocenters. The van der Waals surface area contributed by atoms with Crippen molar-refractivity contribution in [2.24, 2.45) is 5.73 Å². The third-order valence-electron chi connectivity index (χ3n) is 4.38. The molecule has 1 aromatic carbocycles. The summed E-state index contributed by atoms with van der Waals surface area (Å²) in [5, 5.41) is 0. The third kappa shape index (κ3) is 3.83. The molecule has 2 rings (SSSR count). The Morgan fingerprint density at radius 2 is 1.67 bits per heavy atom. The molecule has 0 spiro atoms. The van der Waals surface area contributed by atoms with Gasteiger partial charge in [0.2, 0.25) is 5.91 Å². The minimum absolute atomic E-state index is 0.0366. The summed E-state index contributed by atoms with van der Waals surface area (Å²) in [5.74, 6) is 0.171. The van der Waals surface area contributed by atoms with Crippen LogP contribution in [0.4, 0.5) is 0 Å². The van der Waals surface area contributed by atoms with E-state index in [0.717, 1.165) is 32.7 Å². The van der Waals surface area contributed by atoms with E-state index in [1.165, 1.54) is 22.3 Å². The Labute approximate surface area is 127 Å². The molecule has 1 aromatic rings. The van der Waals surface area contributed by atoms with Gasteiger partial charge in [-0.1, -0.05) is 17.7 Å². The van der Waals surface area contributed by atoms with Crippen LogP contribution in [-0.4, -0.2) is 48.4 Å². The van der Waals surface area contributed by atoms with Gasteiger partial charge in [0.25, 0.3) is 0 Å². The van der Waals surface area contributed by atoms with Crippen molar-refractivity contribution in [1.82, 2.24) is 9.80 Å². The number of carbonyl (C=O) groups excluding carboxylic acids is 1. The summed E-state index contributed by atoms with van der Waals surface area (Å²) in [5.41, 5.74) is 11.6. The number of hydrogen-bond acceptors (Lipinski definition) is 3. The number of carbonyl (C=O) groups is 1. The molecule has 1 amide bonds. The monoisotopic (exact) mass is 289 g/mol. The fourth-order valence-electron chi connectivity index (χ4n) is 3.39. The van der Waals surface area contributed by atoms with Gasteiger partial charge < -0.3 is 10.6 Å². The number of hydrogen-bond donors (Lipinski definition) is 1. The largest absolute Gasteiger partial charge is 0.340 e. The van der Waals surface area contributed by atoms with Crippen LogP contribution in [-0.2, 0) is 4.79 Å². The standard InChI is InChI=1S/C17H27N3O/c1-12-9-13(2)17(14(3)10-12)16(18)11-19-5-7-20(8-6-19)15(4)21/h9-10,16H,5-8,11,18H2,1-4H3. The van der Waals surface area contributed by atoms with Crippen molar-refractivity contribution >= 4 is 5.91 Å². The Morgan fingerprint density at radius 1 is 1.14 bits per heavy atom. The van der Waals surface area contributed by atoms with Crippen molar-refractivity contribution in [3.63, 3.8) is 0 Å². The molecule has 21 heavy (non-hydrogen) atoms. The lowest BCUT2D eigenvalue weighted by atomic mass is 9.94. The molecule has 1 fully saturated rings. The molecule has 1 heterocycles. The maximum atomic E-state index is 11.4. The van der Waals surface area contributed by atoms with Crippen molar-refractivity contribution < 1.29 is 4.79 Å². The zero-order chi connectivity index (χ0) is 15.6. The molecule has 0 aliphatic carbocycles. The van der Waals surface area contributed by atoms with Gasteiger partial charge in [0, 0.05) is 45.7 Å². The Bertz CT molecular complexity index is 496. The first-order valence-corrected chi connectivity index (χ1v) is 7.69. The van der Waals surface area contributed by atoms with Gasteiger partial charge in [-0.15, -0.1) is 0 Å². The first-order chi connectivity index (χ1) is 9.88. The van der Waals surface area contributed by atoms with Gasteiger partial charge in [-0.25, -0.2) is 0 Å². The molecule has 0 aromatic heterocycles. The number of piperazine rings is 1. The number of benzene rings is 1. The highest BCUT2D eigenvalue weighted by Gasteiger charge is 2.21. The van der Waals surface area contributed by atoms with E-state index in [9.17, 15) is 4.79 Å². The van der Waals surface area contributed by atoms with Crippen molar-refractivity contribution in [2.75, 3.05) is 32.7 Å². The zero-order valence-electron chi connectivity index (χ0n) is 13.6. The van der Waals surface area contributed by atoms with Crippen LogP contribution in [0.15, 0.2) is 12.1 Å². The Kier molecular flexibility index (Phi) is 5.01. The van der Waals surface area contributed by atoms with Gasteiger partial charge in [-0.05, 0) is 37.5 Å². The van der Waals surface area contributed by atoms with E-state index in [2.05, 4.69) is 37.8 Å². The molecule has 1 atom stereocenters. The predicted molar refractivity (Wildman–Crippen MR) is 86.3 cm³/mol. The van der Waals surface area contributed by atoms with Gasteiger partial charge in [-0.2, -0.15) is 0 Å². The van der Waals surface area contributed by atoms with Crippen LogP contribution in [0.1, 0.15) is 35.2 Å². The van der Waals surface area contributed by atoms with Gasteiger partial charge >= 0.3 is 0 Å². The molecule has 4 heteroatoms. The number of nitrogens with two attached hydrogens (primary N) is 1. The second-order valence-electron chi connectivity index (χ2n) is 6.23. The van der Waals surface area contributed by atoms with E-state index in [4.69, 9.17) is 5.73 Å². The Hall–Kier alpha value is -1.39. The van der Waals surface area contributed by atoms with Crippen molar-refractivity contribution in [2.45, 2.75) is 33.7 Å². The van der Waals surface area contributed by atoms with Crippen molar-refractivity contribution in [1.29, 1.82) is 0 Å². The van der Waals surface area contributed by atoms with E-state index in [-0.39, 0.29) is 11.9 Å². The third-order valence-corrected chi connectivity index (χ3v) is 4.38. The van der Waals surface area contributed by atoms with Crippen LogP contribution in [0.5, 0.6) is 0 Å². The average molecular weight is 289 g/mol. The van der Waals surface area contributed by atoms with Crippen LogP contribution < -0.4 is 5.73 Å². The summed E-state index contributed by atoms with van der Waals surface area (Å²) in [6, 6.07) is 4.45. The van der Waals surface area contributed by atoms with E-state index in [1.54, 1.807) is 6.92 Å². The molecule has 0 radical (unpaired) electrons. The lowest BCUT2D eigenvalue weighted by Crippen LogP contribution is -2.49. The van der Waals surface area contributed by atoms with Crippen LogP contribution in [0.25, 0.3) is 0 Å². The summed E-state index contributed by atoms with van der Waals surface area (Å²) >= 11 is 0. The molecule has 0 bridgehead atoms. The second-order valence-corrected chi connectivity index (χ2v) is 6.23. The molecule has 1 aliphatic rings. The van der Waals surface area contributed by atoms with E-state index in [1.807, 2.05) is 4.90 Å². The Morgan fingerprint density at radius 3 is 2.14 bits per heavy atom. The summed E-state index contributed by atoms with van der Waals surface area (Å²) < 4.78 is 0. The summed E-state index contributed by atoms with van der Waals surface area (Å²) in [6.45, 7) is 12.4. The van der Waals surface area contributed by atoms with Crippen LogP contribution in [0.2, 0.25) is 0 Å². The van der Waals surface area contributed by atoms with Gasteiger partial charge in [0.1, 0.15) is 0 Å². The smallest absolute Gasteiger partial charge is 0.219 e. The normalized spacial score (nSPS) is 17.9. The van der Waals surface area contributed by atoms with E-state index >= 15 is 0 Å². The van der Waals surface area contributed by atoms with Crippen molar-refractivity contribution in [3.05, 3.63) is 34.4 Å². The van der Waals surface area contributed by atoms with Gasteiger partial charge in [-0.3, -0.25) is 9.69 Å². The lowest BCUT2D eigenvalue weighted by Gasteiger charge is -2.35. The summed E-state index contributed by atoms with van der Waals surface area (Å²) in [7, 11) is 0. The average Bonchev–Trinajstić information content (AvgIpc) is 2.37. The SMILES string of the molecule is CC(=O)N1CCN(CC(N)c2c(C)cc(C)cc2C)CC1. The summed E-state index contributed by atoms with van der Waals surface area (Å²) in [4.78, 5) is 15.6. The topological polar surface area (TPSA) is 49.6 Å². The molecule has 1 aliphatic heterocycles. The van der Waals surface area contributed by atoms with E-state index in [0.29, 0.717) is 0 Å². The molecule has 116 valence electrons. The molecule has 1 saturated heterocycles. The van der Waals surface area contributed by atoms with Crippen LogP contribution in [0, 0.1) is 20.8 Å². The molecule has 4 nitrogen and oxygen atoms in total. The zero-order valence-corrected chi connectivity index (χ0v) is 13.6. The Balaban J connectivity index is 2.00. The predicted octanol–water partition coefficient (Wildman–Crippen LogP) is 1.78. The van der Waals surface area contributed by atoms with Crippen LogP contribution in [0.3, 0.4) is 0 Å².